The second kappa shape index (κ2) is 8.81. The highest BCUT2D eigenvalue weighted by Crippen LogP contribution is 2.41. The van der Waals surface area contributed by atoms with Gasteiger partial charge in [-0.25, -0.2) is 9.98 Å². The van der Waals surface area contributed by atoms with Crippen LogP contribution in [-0.4, -0.2) is 40.1 Å². The molecular weight excluding hydrogens is 454 g/mol. The van der Waals surface area contributed by atoms with Crippen LogP contribution in [0.1, 0.15) is 43.1 Å². The Balaban J connectivity index is 1.88. The van der Waals surface area contributed by atoms with Crippen LogP contribution in [0.15, 0.2) is 76.3 Å². The molecule has 5 nitrogen and oxygen atoms in total. The summed E-state index contributed by atoms with van der Waals surface area (Å²) in [5.41, 5.74) is 3.18. The van der Waals surface area contributed by atoms with Crippen molar-refractivity contribution in [1.29, 1.82) is 0 Å². The van der Waals surface area contributed by atoms with Crippen LogP contribution in [0.2, 0.25) is 0 Å². The predicted molar refractivity (Wildman–Crippen MR) is 127 cm³/mol. The molecule has 31 heavy (non-hydrogen) atoms. The predicted octanol–water partition coefficient (Wildman–Crippen LogP) is 5.50. The zero-order valence-electron chi connectivity index (χ0n) is 17.9. The number of hydrogen-bond acceptors (Lipinski definition) is 5. The van der Waals surface area contributed by atoms with Gasteiger partial charge in [-0.1, -0.05) is 46.3 Å². The SMILES string of the molecule is COc1ccc(C2=Nc3ccc(Br)cc3[C@@H](c3ccccc3)N2CCC(C)(C)O)nc1. The minimum absolute atomic E-state index is 0.0487. The number of aromatic nitrogens is 1. The molecule has 0 radical (unpaired) electrons. The topological polar surface area (TPSA) is 58.0 Å². The average Bonchev–Trinajstić information content (AvgIpc) is 2.77. The third-order valence-corrected chi connectivity index (χ3v) is 5.87. The van der Waals surface area contributed by atoms with Crippen LogP contribution in [0, 0.1) is 0 Å². The molecule has 0 fully saturated rings. The minimum Gasteiger partial charge on any atom is -0.495 e. The van der Waals surface area contributed by atoms with E-state index in [2.05, 4.69) is 56.1 Å². The van der Waals surface area contributed by atoms with Gasteiger partial charge in [0.1, 0.15) is 11.4 Å². The summed E-state index contributed by atoms with van der Waals surface area (Å²) >= 11 is 3.62. The summed E-state index contributed by atoms with van der Waals surface area (Å²) in [6.07, 6.45) is 2.30. The Morgan fingerprint density at radius 3 is 2.52 bits per heavy atom. The molecule has 0 spiro atoms. The second-order valence-corrected chi connectivity index (χ2v) is 9.21. The molecule has 0 bridgehead atoms. The fourth-order valence-corrected chi connectivity index (χ4v) is 4.16. The summed E-state index contributed by atoms with van der Waals surface area (Å²) in [7, 11) is 1.63. The Morgan fingerprint density at radius 2 is 1.87 bits per heavy atom. The van der Waals surface area contributed by atoms with Gasteiger partial charge in [0.25, 0.3) is 0 Å². The van der Waals surface area contributed by atoms with Crippen molar-refractivity contribution in [2.45, 2.75) is 31.9 Å². The molecule has 2 heterocycles. The number of rotatable bonds is 6. The van der Waals surface area contributed by atoms with E-state index in [9.17, 15) is 5.11 Å². The van der Waals surface area contributed by atoms with Crippen LogP contribution in [-0.2, 0) is 0 Å². The Hall–Kier alpha value is -2.70. The van der Waals surface area contributed by atoms with Gasteiger partial charge in [-0.05, 0) is 56.2 Å². The first-order valence-electron chi connectivity index (χ1n) is 10.3. The number of aliphatic imine (C=N–C) groups is 1. The molecule has 2 aromatic carbocycles. The number of halogens is 1. The largest absolute Gasteiger partial charge is 0.495 e. The summed E-state index contributed by atoms with van der Waals surface area (Å²) in [5, 5.41) is 10.5. The second-order valence-electron chi connectivity index (χ2n) is 8.29. The summed E-state index contributed by atoms with van der Waals surface area (Å²) in [4.78, 5) is 11.9. The van der Waals surface area contributed by atoms with Crippen molar-refractivity contribution in [3.05, 3.63) is 88.2 Å². The number of nitrogens with zero attached hydrogens (tertiary/aromatic N) is 3. The molecule has 0 amide bonds. The van der Waals surface area contributed by atoms with E-state index in [1.165, 1.54) is 5.56 Å². The first-order chi connectivity index (χ1) is 14.9. The zero-order valence-corrected chi connectivity index (χ0v) is 19.5. The fourth-order valence-electron chi connectivity index (χ4n) is 3.78. The van der Waals surface area contributed by atoms with Gasteiger partial charge in [0, 0.05) is 16.6 Å². The van der Waals surface area contributed by atoms with Crippen molar-refractivity contribution >= 4 is 27.5 Å². The summed E-state index contributed by atoms with van der Waals surface area (Å²) in [6, 6.07) is 20.4. The number of fused-ring (bicyclic) bond motifs is 1. The highest BCUT2D eigenvalue weighted by Gasteiger charge is 2.33. The van der Waals surface area contributed by atoms with Crippen LogP contribution in [0.25, 0.3) is 0 Å². The number of aliphatic hydroxyl groups is 1. The molecule has 3 aromatic rings. The van der Waals surface area contributed by atoms with E-state index in [1.807, 2.05) is 44.2 Å². The van der Waals surface area contributed by atoms with Crippen LogP contribution >= 0.6 is 15.9 Å². The van der Waals surface area contributed by atoms with Gasteiger partial charge < -0.3 is 14.7 Å². The van der Waals surface area contributed by atoms with E-state index in [0.717, 1.165) is 27.3 Å². The lowest BCUT2D eigenvalue weighted by atomic mass is 9.92. The molecule has 1 aliphatic heterocycles. The van der Waals surface area contributed by atoms with Gasteiger partial charge in [0.2, 0.25) is 0 Å². The van der Waals surface area contributed by atoms with Gasteiger partial charge in [0.05, 0.1) is 30.6 Å². The number of ether oxygens (including phenoxy) is 1. The molecule has 1 atom stereocenters. The van der Waals surface area contributed by atoms with Crippen LogP contribution in [0.3, 0.4) is 0 Å². The van der Waals surface area contributed by atoms with Crippen molar-refractivity contribution < 1.29 is 9.84 Å². The lowest BCUT2D eigenvalue weighted by Crippen LogP contribution is -2.41. The molecule has 0 saturated heterocycles. The van der Waals surface area contributed by atoms with Crippen LogP contribution in [0.5, 0.6) is 5.75 Å². The smallest absolute Gasteiger partial charge is 0.156 e. The molecule has 6 heteroatoms. The molecule has 1 N–H and O–H groups in total. The maximum absolute atomic E-state index is 10.5. The molecular formula is C25H26BrN3O2. The van der Waals surface area contributed by atoms with E-state index < -0.39 is 5.60 Å². The molecule has 1 aliphatic rings. The summed E-state index contributed by atoms with van der Waals surface area (Å²) < 4.78 is 6.29. The fraction of sp³-hybridized carbons (Fsp3) is 0.280. The summed E-state index contributed by atoms with van der Waals surface area (Å²) in [5.74, 6) is 1.49. The number of methoxy groups -OCH3 is 1. The van der Waals surface area contributed by atoms with Gasteiger partial charge in [0.15, 0.2) is 5.84 Å². The normalized spacial score (nSPS) is 16.0. The molecule has 0 aliphatic carbocycles. The number of benzene rings is 2. The first kappa shape index (κ1) is 21.5. The quantitative estimate of drug-likeness (QED) is 0.507. The lowest BCUT2D eigenvalue weighted by Gasteiger charge is -2.39. The highest BCUT2D eigenvalue weighted by atomic mass is 79.9. The Bertz CT molecular complexity index is 1080. The van der Waals surface area contributed by atoms with Gasteiger partial charge >= 0.3 is 0 Å². The van der Waals surface area contributed by atoms with Gasteiger partial charge in [-0.3, -0.25) is 0 Å². The molecule has 1 aromatic heterocycles. The van der Waals surface area contributed by atoms with E-state index in [0.29, 0.717) is 18.7 Å². The Morgan fingerprint density at radius 1 is 1.10 bits per heavy atom. The van der Waals surface area contributed by atoms with E-state index in [4.69, 9.17) is 9.73 Å². The van der Waals surface area contributed by atoms with Crippen LogP contribution in [0.4, 0.5) is 5.69 Å². The van der Waals surface area contributed by atoms with Crippen molar-refractivity contribution in [3.8, 4) is 5.75 Å². The lowest BCUT2D eigenvalue weighted by molar-refractivity contribution is 0.0624. The average molecular weight is 480 g/mol. The van der Waals surface area contributed by atoms with Gasteiger partial charge in [-0.15, -0.1) is 0 Å². The van der Waals surface area contributed by atoms with E-state index in [1.54, 1.807) is 13.3 Å². The zero-order chi connectivity index (χ0) is 22.0. The van der Waals surface area contributed by atoms with Crippen molar-refractivity contribution in [2.24, 2.45) is 4.99 Å². The van der Waals surface area contributed by atoms with E-state index >= 15 is 0 Å². The Labute approximate surface area is 191 Å². The van der Waals surface area contributed by atoms with Crippen molar-refractivity contribution in [3.63, 3.8) is 0 Å². The molecule has 0 unspecified atom stereocenters. The maximum Gasteiger partial charge on any atom is 0.156 e. The minimum atomic E-state index is -0.794. The number of amidine groups is 1. The molecule has 0 saturated carbocycles. The third-order valence-electron chi connectivity index (χ3n) is 5.38. The summed E-state index contributed by atoms with van der Waals surface area (Å²) in [6.45, 7) is 4.30. The molecule has 4 rings (SSSR count). The third kappa shape index (κ3) is 4.81. The maximum atomic E-state index is 10.5. The molecule has 160 valence electrons. The van der Waals surface area contributed by atoms with Gasteiger partial charge in [-0.2, -0.15) is 0 Å². The van der Waals surface area contributed by atoms with Crippen LogP contribution < -0.4 is 4.74 Å². The standard InChI is InChI=1S/C25H26BrN3O2/c1-25(2,30)13-14-29-23(17-7-5-4-6-8-17)20-15-18(26)9-11-21(20)28-24(29)22-12-10-19(31-3)16-27-22/h4-12,15-16,23,30H,13-14H2,1-3H3/t23-/m1/s1. The first-order valence-corrected chi connectivity index (χ1v) is 11.1. The highest BCUT2D eigenvalue weighted by molar-refractivity contribution is 9.10. The van der Waals surface area contributed by atoms with Crippen molar-refractivity contribution in [2.75, 3.05) is 13.7 Å². The van der Waals surface area contributed by atoms with E-state index in [-0.39, 0.29) is 6.04 Å². The number of pyridine rings is 1. The monoisotopic (exact) mass is 479 g/mol. The Kier molecular flexibility index (Phi) is 6.12. The van der Waals surface area contributed by atoms with Crippen molar-refractivity contribution in [1.82, 2.24) is 9.88 Å². The number of hydrogen-bond donors (Lipinski definition) is 1.